The van der Waals surface area contributed by atoms with Crippen molar-refractivity contribution >= 4 is 33.0 Å². The zero-order valence-electron chi connectivity index (χ0n) is 29.5. The van der Waals surface area contributed by atoms with Gasteiger partial charge >= 0.3 is 6.01 Å². The molecule has 3 aliphatic rings. The first kappa shape index (κ1) is 34.4. The molecule has 2 aliphatic heterocycles. The number of nitriles is 1. The highest BCUT2D eigenvalue weighted by Crippen LogP contribution is 2.47. The van der Waals surface area contributed by atoms with Crippen LogP contribution in [0.25, 0.3) is 38.4 Å². The number of nitrogens with zero attached hydrogens (tertiary/aromatic N) is 7. The number of aromatic hydroxyl groups is 1. The monoisotopic (exact) mass is 711 g/mol. The molecule has 3 fully saturated rings. The third-order valence-corrected chi connectivity index (χ3v) is 11.0. The van der Waals surface area contributed by atoms with Gasteiger partial charge in [0.05, 0.1) is 49.5 Å². The molecule has 1 aliphatic carbocycles. The van der Waals surface area contributed by atoms with Crippen LogP contribution in [0.4, 0.5) is 14.6 Å². The Labute approximate surface area is 300 Å². The summed E-state index contributed by atoms with van der Waals surface area (Å²) in [5, 5.41) is 37.1. The van der Waals surface area contributed by atoms with E-state index in [1.165, 1.54) is 16.6 Å². The smallest absolute Gasteiger partial charge is 0.319 e. The molecule has 2 saturated heterocycles. The molecule has 1 unspecified atom stereocenters. The van der Waals surface area contributed by atoms with Crippen LogP contribution >= 0.6 is 0 Å². The van der Waals surface area contributed by atoms with Crippen molar-refractivity contribution in [2.45, 2.75) is 58.0 Å². The number of ether oxygens (including phenoxy) is 2. The highest BCUT2D eigenvalue weighted by Gasteiger charge is 2.45. The average Bonchev–Trinajstić information content (AvgIpc) is 3.77. The minimum absolute atomic E-state index is 0.0110. The van der Waals surface area contributed by atoms with Crippen LogP contribution in [0.5, 0.6) is 11.8 Å². The number of hydrogen-bond donors (Lipinski definition) is 2. The number of benzene rings is 2. The fourth-order valence-corrected chi connectivity index (χ4v) is 8.14. The largest absolute Gasteiger partial charge is 0.508 e. The van der Waals surface area contributed by atoms with Crippen molar-refractivity contribution in [1.29, 1.82) is 5.26 Å². The number of β-amino-alcohol motifs (C(OH)–C–C–N with tert-alkyl or cyclic N) is 1. The fraction of sp³-hybridized carbons (Fsp3) is 0.487. The second kappa shape index (κ2) is 13.4. The zero-order chi connectivity index (χ0) is 36.2. The van der Waals surface area contributed by atoms with Crippen LogP contribution in [0.1, 0.15) is 51.5 Å². The topological polar surface area (TPSA) is 132 Å². The molecule has 0 spiro atoms. The number of anilines is 1. The van der Waals surface area contributed by atoms with E-state index in [4.69, 9.17) is 24.7 Å². The molecular weight excluding hydrogens is 668 g/mol. The maximum Gasteiger partial charge on any atom is 0.319 e. The van der Waals surface area contributed by atoms with Crippen molar-refractivity contribution in [2.24, 2.45) is 11.3 Å². The van der Waals surface area contributed by atoms with E-state index in [0.29, 0.717) is 71.6 Å². The van der Waals surface area contributed by atoms with E-state index < -0.39 is 17.2 Å². The molecule has 0 amide bonds. The van der Waals surface area contributed by atoms with Crippen LogP contribution in [-0.4, -0.2) is 92.8 Å². The number of hydrogen-bond acceptors (Lipinski definition) is 10. The summed E-state index contributed by atoms with van der Waals surface area (Å²) in [4.78, 5) is 14.0. The zero-order valence-corrected chi connectivity index (χ0v) is 29.5. The van der Waals surface area contributed by atoms with Gasteiger partial charge in [0.25, 0.3) is 0 Å². The van der Waals surface area contributed by atoms with Crippen molar-refractivity contribution in [3.05, 3.63) is 53.7 Å². The van der Waals surface area contributed by atoms with Gasteiger partial charge in [0.1, 0.15) is 34.2 Å². The number of aliphatic hydroxyl groups is 1. The number of rotatable bonds is 9. The number of piperidine rings is 1. The third-order valence-electron chi connectivity index (χ3n) is 11.0. The van der Waals surface area contributed by atoms with Gasteiger partial charge in [-0.15, -0.1) is 0 Å². The van der Waals surface area contributed by atoms with Crippen LogP contribution in [0.3, 0.4) is 0 Å². The molecule has 8 rings (SSSR count). The van der Waals surface area contributed by atoms with Gasteiger partial charge in [0.2, 0.25) is 0 Å². The van der Waals surface area contributed by atoms with E-state index in [0.717, 1.165) is 45.3 Å². The SMILES string of the molecule is CCc1c(F)ccc2cc(O)cc(-c3c(F)c4nc(OCC5(CN6CCC(CC#N)CC6)CC5)nc(N5CCOCC(C)(O)C5)c4c4ccnn34)c12. The summed E-state index contributed by atoms with van der Waals surface area (Å²) >= 11 is 0. The summed E-state index contributed by atoms with van der Waals surface area (Å²) in [5.41, 5.74) is -0.0802. The quantitative estimate of drug-likeness (QED) is 0.187. The van der Waals surface area contributed by atoms with E-state index >= 15 is 8.78 Å². The molecule has 272 valence electrons. The first-order valence-corrected chi connectivity index (χ1v) is 18.2. The number of halogens is 2. The van der Waals surface area contributed by atoms with E-state index in [2.05, 4.69) is 16.1 Å². The summed E-state index contributed by atoms with van der Waals surface area (Å²) in [6, 6.07) is 9.98. The van der Waals surface area contributed by atoms with Gasteiger partial charge in [0.15, 0.2) is 5.82 Å². The minimum Gasteiger partial charge on any atom is -0.508 e. The Morgan fingerprint density at radius 1 is 1.10 bits per heavy atom. The summed E-state index contributed by atoms with van der Waals surface area (Å²) in [5.74, 6) is -0.408. The number of phenolic OH excluding ortho intramolecular Hbond substituents is 1. The maximum absolute atomic E-state index is 17.5. The number of aromatic nitrogens is 4. The molecule has 5 aromatic rings. The summed E-state index contributed by atoms with van der Waals surface area (Å²) < 4.78 is 46.3. The lowest BCUT2D eigenvalue weighted by molar-refractivity contribution is -0.0123. The van der Waals surface area contributed by atoms with Crippen LogP contribution in [0.15, 0.2) is 36.5 Å². The van der Waals surface area contributed by atoms with Crippen LogP contribution in [0, 0.1) is 34.3 Å². The lowest BCUT2D eigenvalue weighted by Gasteiger charge is -2.33. The molecule has 13 heteroatoms. The molecule has 0 radical (unpaired) electrons. The van der Waals surface area contributed by atoms with Crippen LogP contribution < -0.4 is 9.64 Å². The first-order valence-electron chi connectivity index (χ1n) is 18.2. The van der Waals surface area contributed by atoms with Crippen molar-refractivity contribution in [3.8, 4) is 29.1 Å². The Hall–Kier alpha value is -4.64. The standard InChI is InChI=1S/C39H43F2N7O4/c1-3-27-29(40)5-4-25-18-26(49)19-28(31(25)27)35-33(41)34-32(30-7-13-43-48(30)35)36(47-16-17-51-22-38(2,50)20-47)45-37(44-34)52-23-39(10-11-39)21-46-14-8-24(6-12-42)9-15-46/h4-5,7,13,18-19,24,49-50H,3,6,8-11,14-17,20-23H2,1-2H3. The normalized spacial score (nSPS) is 21.1. The number of phenols is 1. The van der Waals surface area contributed by atoms with Gasteiger partial charge in [-0.3, -0.25) is 0 Å². The number of likely N-dealkylation sites (tertiary alicyclic amines) is 1. The lowest BCUT2D eigenvalue weighted by Crippen LogP contribution is -2.42. The highest BCUT2D eigenvalue weighted by atomic mass is 19.1. The summed E-state index contributed by atoms with van der Waals surface area (Å²) in [6.07, 6.45) is 6.51. The van der Waals surface area contributed by atoms with Gasteiger partial charge in [0, 0.05) is 30.5 Å². The molecule has 0 bridgehead atoms. The Balaban J connectivity index is 1.25. The van der Waals surface area contributed by atoms with Crippen molar-refractivity contribution in [3.63, 3.8) is 0 Å². The molecular formula is C39H43F2N7O4. The Kier molecular flexibility index (Phi) is 8.88. The van der Waals surface area contributed by atoms with Gasteiger partial charge < -0.3 is 29.5 Å². The summed E-state index contributed by atoms with van der Waals surface area (Å²) in [7, 11) is 0. The van der Waals surface area contributed by atoms with E-state index in [1.807, 2.05) is 11.8 Å². The molecule has 2 aromatic carbocycles. The molecule has 2 N–H and O–H groups in total. The predicted octanol–water partition coefficient (Wildman–Crippen LogP) is 6.02. The molecule has 1 atom stereocenters. The van der Waals surface area contributed by atoms with E-state index in [-0.39, 0.29) is 47.1 Å². The predicted molar refractivity (Wildman–Crippen MR) is 192 cm³/mol. The Morgan fingerprint density at radius 3 is 2.65 bits per heavy atom. The van der Waals surface area contributed by atoms with Gasteiger partial charge in [-0.05, 0) is 98.6 Å². The van der Waals surface area contributed by atoms with Crippen molar-refractivity contribution < 1.29 is 28.5 Å². The number of fused-ring (bicyclic) bond motifs is 4. The number of aryl methyl sites for hydroxylation is 1. The van der Waals surface area contributed by atoms with Crippen LogP contribution in [0.2, 0.25) is 0 Å². The molecule has 1 saturated carbocycles. The second-order valence-electron chi connectivity index (χ2n) is 15.2. The van der Waals surface area contributed by atoms with Gasteiger partial charge in [-0.25, -0.2) is 13.3 Å². The Bertz CT molecular complexity index is 2210. The molecule has 52 heavy (non-hydrogen) atoms. The second-order valence-corrected chi connectivity index (χ2v) is 15.2. The van der Waals surface area contributed by atoms with Gasteiger partial charge in [-0.1, -0.05) is 13.0 Å². The van der Waals surface area contributed by atoms with E-state index in [1.54, 1.807) is 31.3 Å². The first-order chi connectivity index (χ1) is 25.1. The summed E-state index contributed by atoms with van der Waals surface area (Å²) in [6.45, 7) is 7.66. The van der Waals surface area contributed by atoms with Gasteiger partial charge in [-0.2, -0.15) is 20.3 Å². The molecule has 3 aromatic heterocycles. The van der Waals surface area contributed by atoms with E-state index in [9.17, 15) is 10.2 Å². The van der Waals surface area contributed by atoms with Crippen LogP contribution in [-0.2, 0) is 11.2 Å². The number of pyridine rings is 1. The molecule has 5 heterocycles. The third kappa shape index (κ3) is 6.37. The van der Waals surface area contributed by atoms with Crippen molar-refractivity contribution in [2.75, 3.05) is 57.4 Å². The Morgan fingerprint density at radius 2 is 1.90 bits per heavy atom. The fourth-order valence-electron chi connectivity index (χ4n) is 8.14. The maximum atomic E-state index is 17.5. The van der Waals surface area contributed by atoms with Crippen molar-refractivity contribution in [1.82, 2.24) is 24.5 Å². The molecule has 11 nitrogen and oxygen atoms in total. The minimum atomic E-state index is -1.20. The highest BCUT2D eigenvalue weighted by molar-refractivity contribution is 6.07. The lowest BCUT2D eigenvalue weighted by atomic mass is 9.93. The average molecular weight is 712 g/mol.